The van der Waals surface area contributed by atoms with E-state index < -0.39 is 0 Å². The van der Waals surface area contributed by atoms with Gasteiger partial charge in [0.15, 0.2) is 11.5 Å². The van der Waals surface area contributed by atoms with Gasteiger partial charge in [-0.2, -0.15) is 0 Å². The highest BCUT2D eigenvalue weighted by Gasteiger charge is 2.36. The van der Waals surface area contributed by atoms with Crippen molar-refractivity contribution in [2.24, 2.45) is 0 Å². The summed E-state index contributed by atoms with van der Waals surface area (Å²) in [5.74, 6) is 0.851. The highest BCUT2D eigenvalue weighted by Crippen LogP contribution is 2.39. The molecule has 0 spiro atoms. The first-order valence-electron chi connectivity index (χ1n) is 9.54. The third-order valence-electron chi connectivity index (χ3n) is 4.65. The van der Waals surface area contributed by atoms with Crippen molar-refractivity contribution in [3.8, 4) is 11.5 Å². The minimum Gasteiger partial charge on any atom is -0.493 e. The van der Waals surface area contributed by atoms with Crippen LogP contribution in [0.4, 0.5) is 10.5 Å². The topological polar surface area (TPSA) is 55.8 Å². The van der Waals surface area contributed by atoms with E-state index in [2.05, 4.69) is 38.5 Å². The fourth-order valence-corrected chi connectivity index (χ4v) is 5.00. The summed E-state index contributed by atoms with van der Waals surface area (Å²) >= 11 is 6.53. The van der Waals surface area contributed by atoms with Crippen LogP contribution in [-0.4, -0.2) is 18.3 Å². The number of imide groups is 1. The smallest absolute Gasteiger partial charge is 0.298 e. The van der Waals surface area contributed by atoms with Crippen LogP contribution in [0.15, 0.2) is 76.1 Å². The fraction of sp³-hybridized carbons (Fsp3) is 0.0833. The van der Waals surface area contributed by atoms with Gasteiger partial charge in [0.1, 0.15) is 6.61 Å². The van der Waals surface area contributed by atoms with Gasteiger partial charge >= 0.3 is 0 Å². The second-order valence-electron chi connectivity index (χ2n) is 6.80. The second kappa shape index (κ2) is 10.1. The molecule has 0 unspecified atom stereocenters. The van der Waals surface area contributed by atoms with E-state index in [0.29, 0.717) is 28.7 Å². The number of carbonyl (C=O) groups is 2. The molecule has 0 N–H and O–H groups in total. The lowest BCUT2D eigenvalue weighted by molar-refractivity contribution is -0.113. The molecule has 1 fully saturated rings. The molecular weight excluding hydrogens is 605 g/mol. The van der Waals surface area contributed by atoms with E-state index in [9.17, 15) is 9.59 Å². The van der Waals surface area contributed by atoms with Crippen LogP contribution in [0.1, 0.15) is 11.1 Å². The van der Waals surface area contributed by atoms with Crippen LogP contribution in [-0.2, 0) is 11.4 Å². The Morgan fingerprint density at radius 2 is 1.78 bits per heavy atom. The van der Waals surface area contributed by atoms with E-state index in [1.54, 1.807) is 43.5 Å². The van der Waals surface area contributed by atoms with Gasteiger partial charge in [0.25, 0.3) is 11.1 Å². The Morgan fingerprint density at radius 1 is 1.06 bits per heavy atom. The number of anilines is 1. The minimum atomic E-state index is -0.337. The predicted octanol–water partition coefficient (Wildman–Crippen LogP) is 6.88. The van der Waals surface area contributed by atoms with Gasteiger partial charge in [0, 0.05) is 4.47 Å². The summed E-state index contributed by atoms with van der Waals surface area (Å²) < 4.78 is 13.4. The fourth-order valence-electron chi connectivity index (χ4n) is 3.12. The maximum atomic E-state index is 12.9. The third kappa shape index (κ3) is 5.02. The number of methoxy groups -OCH3 is 1. The van der Waals surface area contributed by atoms with E-state index in [1.807, 2.05) is 36.4 Å². The molecule has 32 heavy (non-hydrogen) atoms. The van der Waals surface area contributed by atoms with Crippen LogP contribution in [0.2, 0.25) is 0 Å². The number of ether oxygens (including phenoxy) is 2. The van der Waals surface area contributed by atoms with Crippen molar-refractivity contribution < 1.29 is 19.1 Å². The molecule has 8 heteroatoms. The molecule has 0 radical (unpaired) electrons. The third-order valence-corrected chi connectivity index (χ3v) is 6.85. The number of carbonyl (C=O) groups excluding carboxylic acids is 2. The Morgan fingerprint density at radius 3 is 2.47 bits per heavy atom. The van der Waals surface area contributed by atoms with E-state index in [-0.39, 0.29) is 11.1 Å². The van der Waals surface area contributed by atoms with E-state index in [1.165, 1.54) is 4.90 Å². The zero-order chi connectivity index (χ0) is 22.7. The van der Waals surface area contributed by atoms with Gasteiger partial charge < -0.3 is 9.47 Å². The molecule has 1 saturated heterocycles. The van der Waals surface area contributed by atoms with Gasteiger partial charge in [-0.3, -0.25) is 9.59 Å². The Kier molecular flexibility index (Phi) is 7.22. The zero-order valence-electron chi connectivity index (χ0n) is 16.9. The second-order valence-corrected chi connectivity index (χ2v) is 9.87. The molecule has 4 rings (SSSR count). The maximum Gasteiger partial charge on any atom is 0.298 e. The quantitative estimate of drug-likeness (QED) is 0.222. The number of thioether (sulfide) groups is 1. The SMILES string of the molecule is COc1cc(/C=C2\SC(=O)N(c3ccccc3)C2=O)cc(I)c1OCc1ccc(Br)cc1. The summed E-state index contributed by atoms with van der Waals surface area (Å²) in [6, 6.07) is 20.5. The van der Waals surface area contributed by atoms with Crippen LogP contribution < -0.4 is 14.4 Å². The van der Waals surface area contributed by atoms with Crippen LogP contribution in [0.5, 0.6) is 11.5 Å². The van der Waals surface area contributed by atoms with Crippen LogP contribution in [0.25, 0.3) is 6.08 Å². The molecule has 5 nitrogen and oxygen atoms in total. The molecule has 1 heterocycles. The molecule has 1 aliphatic rings. The average Bonchev–Trinajstić information content (AvgIpc) is 3.07. The largest absolute Gasteiger partial charge is 0.493 e. The molecule has 0 aromatic heterocycles. The van der Waals surface area contributed by atoms with Crippen LogP contribution >= 0.6 is 50.3 Å². The number of para-hydroxylation sites is 1. The first-order valence-corrected chi connectivity index (χ1v) is 12.2. The van der Waals surface area contributed by atoms with Crippen LogP contribution in [0, 0.1) is 3.57 Å². The predicted molar refractivity (Wildman–Crippen MR) is 139 cm³/mol. The van der Waals surface area contributed by atoms with Gasteiger partial charge in [0.05, 0.1) is 21.3 Å². The summed E-state index contributed by atoms with van der Waals surface area (Å²) in [6.45, 7) is 0.398. The Hall–Kier alpha value is -2.30. The van der Waals surface area contributed by atoms with Crippen molar-refractivity contribution in [1.29, 1.82) is 0 Å². The summed E-state index contributed by atoms with van der Waals surface area (Å²) in [4.78, 5) is 26.9. The van der Waals surface area contributed by atoms with Gasteiger partial charge in [-0.1, -0.05) is 46.3 Å². The summed E-state index contributed by atoms with van der Waals surface area (Å²) in [6.07, 6.45) is 1.71. The lowest BCUT2D eigenvalue weighted by Crippen LogP contribution is -2.27. The van der Waals surface area contributed by atoms with Gasteiger partial charge in [-0.05, 0) is 88.0 Å². The monoisotopic (exact) mass is 621 g/mol. The number of halogens is 2. The minimum absolute atomic E-state index is 0.316. The molecule has 0 aliphatic carbocycles. The van der Waals surface area contributed by atoms with Crippen molar-refractivity contribution in [1.82, 2.24) is 0 Å². The lowest BCUT2D eigenvalue weighted by Gasteiger charge is -2.14. The van der Waals surface area contributed by atoms with Crippen molar-refractivity contribution in [2.45, 2.75) is 6.61 Å². The van der Waals surface area contributed by atoms with Gasteiger partial charge in [-0.25, -0.2) is 4.90 Å². The van der Waals surface area contributed by atoms with E-state index >= 15 is 0 Å². The number of amides is 2. The van der Waals surface area contributed by atoms with Crippen LogP contribution in [0.3, 0.4) is 0 Å². The molecule has 0 bridgehead atoms. The molecule has 162 valence electrons. The summed E-state index contributed by atoms with van der Waals surface area (Å²) in [5, 5.41) is -0.316. The Labute approximate surface area is 212 Å². The number of benzene rings is 3. The molecule has 2 amide bonds. The first-order chi connectivity index (χ1) is 15.5. The van der Waals surface area contributed by atoms with E-state index in [4.69, 9.17) is 9.47 Å². The van der Waals surface area contributed by atoms with Crippen molar-refractivity contribution in [3.05, 3.63) is 90.8 Å². The summed E-state index contributed by atoms with van der Waals surface area (Å²) in [5.41, 5.74) is 2.34. The molecular formula is C24H17BrINO4S. The average molecular weight is 622 g/mol. The van der Waals surface area contributed by atoms with Crippen molar-refractivity contribution >= 4 is 73.2 Å². The Bertz CT molecular complexity index is 1200. The number of nitrogens with zero attached hydrogens (tertiary/aromatic N) is 1. The molecule has 3 aromatic carbocycles. The number of rotatable bonds is 6. The maximum absolute atomic E-state index is 12.9. The van der Waals surface area contributed by atoms with E-state index in [0.717, 1.165) is 30.9 Å². The zero-order valence-corrected chi connectivity index (χ0v) is 21.4. The van der Waals surface area contributed by atoms with Gasteiger partial charge in [0.2, 0.25) is 0 Å². The standard InChI is InChI=1S/C24H17BrINO4S/c1-30-20-12-16(11-19(26)22(20)31-14-15-7-9-17(25)10-8-15)13-21-23(28)27(24(29)32-21)18-5-3-2-4-6-18/h2-13H,14H2,1H3/b21-13-. The normalized spacial score (nSPS) is 14.8. The molecule has 0 atom stereocenters. The lowest BCUT2D eigenvalue weighted by atomic mass is 10.1. The van der Waals surface area contributed by atoms with Gasteiger partial charge in [-0.15, -0.1) is 0 Å². The highest BCUT2D eigenvalue weighted by atomic mass is 127. The first kappa shape index (κ1) is 22.9. The van der Waals surface area contributed by atoms with Crippen molar-refractivity contribution in [3.63, 3.8) is 0 Å². The molecule has 3 aromatic rings. The highest BCUT2D eigenvalue weighted by molar-refractivity contribution is 14.1. The Balaban J connectivity index is 1.57. The molecule has 0 saturated carbocycles. The summed E-state index contributed by atoms with van der Waals surface area (Å²) in [7, 11) is 1.57. The number of hydrogen-bond donors (Lipinski definition) is 0. The van der Waals surface area contributed by atoms with Crippen molar-refractivity contribution in [2.75, 3.05) is 12.0 Å². The number of hydrogen-bond acceptors (Lipinski definition) is 5. The molecule has 1 aliphatic heterocycles.